The van der Waals surface area contributed by atoms with Gasteiger partial charge in [-0.25, -0.2) is 0 Å². The molecule has 0 saturated carbocycles. The summed E-state index contributed by atoms with van der Waals surface area (Å²) in [5, 5.41) is 0. The largest absolute Gasteiger partial charge is 0.377 e. The molecule has 14 heavy (non-hydrogen) atoms. The lowest BCUT2D eigenvalue weighted by molar-refractivity contribution is -0.0297. The Kier molecular flexibility index (Phi) is 5.78. The van der Waals surface area contributed by atoms with Crippen LogP contribution in [0.2, 0.25) is 0 Å². The zero-order valence-electron chi connectivity index (χ0n) is 9.04. The Balaban J connectivity index is 2.11. The van der Waals surface area contributed by atoms with E-state index in [0.29, 0.717) is 12.0 Å². The highest BCUT2D eigenvalue weighted by atomic mass is 35.5. The van der Waals surface area contributed by atoms with E-state index in [2.05, 4.69) is 18.7 Å². The van der Waals surface area contributed by atoms with Crippen molar-refractivity contribution in [3.05, 3.63) is 0 Å². The summed E-state index contributed by atoms with van der Waals surface area (Å²) in [5.41, 5.74) is 0. The van der Waals surface area contributed by atoms with E-state index in [-0.39, 0.29) is 6.10 Å². The summed E-state index contributed by atoms with van der Waals surface area (Å²) in [7, 11) is 0. The first kappa shape index (κ1) is 12.2. The number of morpholine rings is 1. The molecule has 3 nitrogen and oxygen atoms in total. The normalized spacial score (nSPS) is 24.4. The number of hydrogen-bond donors (Lipinski definition) is 0. The van der Waals surface area contributed by atoms with Crippen LogP contribution in [0.4, 0.5) is 0 Å². The third-order valence-electron chi connectivity index (χ3n) is 2.25. The second-order valence-corrected chi connectivity index (χ2v) is 4.18. The third kappa shape index (κ3) is 4.60. The molecule has 1 atom stereocenters. The highest BCUT2D eigenvalue weighted by Gasteiger charge is 2.18. The number of ether oxygens (including phenoxy) is 2. The maximum absolute atomic E-state index is 5.75. The molecule has 1 rings (SSSR count). The van der Waals surface area contributed by atoms with Gasteiger partial charge in [0.05, 0.1) is 25.4 Å². The zero-order valence-corrected chi connectivity index (χ0v) is 9.79. The molecule has 84 valence electrons. The van der Waals surface area contributed by atoms with Crippen molar-refractivity contribution in [3.8, 4) is 0 Å². The van der Waals surface area contributed by atoms with Crippen LogP contribution in [0.3, 0.4) is 0 Å². The van der Waals surface area contributed by atoms with Crippen LogP contribution in [0.25, 0.3) is 0 Å². The van der Waals surface area contributed by atoms with Crippen molar-refractivity contribution in [2.45, 2.75) is 26.1 Å². The Bertz CT molecular complexity index is 155. The lowest BCUT2D eigenvalue weighted by atomic mass is 10.3. The lowest BCUT2D eigenvalue weighted by Gasteiger charge is -2.31. The Morgan fingerprint density at radius 3 is 3.00 bits per heavy atom. The number of alkyl halides is 1. The Hall–Kier alpha value is 0.170. The van der Waals surface area contributed by atoms with Crippen molar-refractivity contribution in [2.75, 3.05) is 38.7 Å². The molecule has 0 aromatic heterocycles. The van der Waals surface area contributed by atoms with E-state index in [9.17, 15) is 0 Å². The van der Waals surface area contributed by atoms with E-state index >= 15 is 0 Å². The summed E-state index contributed by atoms with van der Waals surface area (Å²) in [5.74, 6) is 0.585. The number of halogens is 1. The van der Waals surface area contributed by atoms with Crippen molar-refractivity contribution in [1.29, 1.82) is 0 Å². The summed E-state index contributed by atoms with van der Waals surface area (Å²) < 4.78 is 11.0. The van der Waals surface area contributed by atoms with Crippen LogP contribution in [0.5, 0.6) is 0 Å². The van der Waals surface area contributed by atoms with E-state index in [1.54, 1.807) is 0 Å². The average molecular weight is 222 g/mol. The van der Waals surface area contributed by atoms with Crippen molar-refractivity contribution in [1.82, 2.24) is 4.90 Å². The highest BCUT2D eigenvalue weighted by Crippen LogP contribution is 2.06. The van der Waals surface area contributed by atoms with Gasteiger partial charge in [-0.05, 0) is 13.8 Å². The summed E-state index contributed by atoms with van der Waals surface area (Å²) in [6, 6.07) is 0. The predicted octanol–water partition coefficient (Wildman–Crippen LogP) is 1.35. The van der Waals surface area contributed by atoms with Gasteiger partial charge in [-0.15, -0.1) is 11.6 Å². The fourth-order valence-corrected chi connectivity index (χ4v) is 1.68. The van der Waals surface area contributed by atoms with Crippen LogP contribution < -0.4 is 0 Å². The highest BCUT2D eigenvalue weighted by molar-refractivity contribution is 6.18. The molecule has 1 heterocycles. The van der Waals surface area contributed by atoms with E-state index in [1.807, 2.05) is 0 Å². The van der Waals surface area contributed by atoms with Crippen molar-refractivity contribution in [3.63, 3.8) is 0 Å². The predicted molar refractivity (Wildman–Crippen MR) is 58.0 cm³/mol. The minimum Gasteiger partial charge on any atom is -0.377 e. The zero-order chi connectivity index (χ0) is 10.4. The minimum absolute atomic E-state index is 0.199. The molecule has 0 amide bonds. The monoisotopic (exact) mass is 221 g/mol. The van der Waals surface area contributed by atoms with Gasteiger partial charge in [-0.2, -0.15) is 0 Å². The van der Waals surface area contributed by atoms with Crippen LogP contribution in [0, 0.1) is 0 Å². The van der Waals surface area contributed by atoms with Gasteiger partial charge in [0.25, 0.3) is 0 Å². The first-order valence-corrected chi connectivity index (χ1v) is 5.77. The maximum Gasteiger partial charge on any atom is 0.0837 e. The first-order valence-electron chi connectivity index (χ1n) is 5.24. The molecule has 1 fully saturated rings. The van der Waals surface area contributed by atoms with E-state index in [4.69, 9.17) is 21.1 Å². The Labute approximate surface area is 91.3 Å². The van der Waals surface area contributed by atoms with Gasteiger partial charge in [0.1, 0.15) is 0 Å². The first-order chi connectivity index (χ1) is 6.72. The van der Waals surface area contributed by atoms with Crippen LogP contribution in [0.15, 0.2) is 0 Å². The van der Waals surface area contributed by atoms with Gasteiger partial charge in [0.15, 0.2) is 0 Å². The van der Waals surface area contributed by atoms with Crippen LogP contribution in [-0.2, 0) is 9.47 Å². The van der Waals surface area contributed by atoms with Crippen LogP contribution in [-0.4, -0.2) is 55.8 Å². The molecule has 1 saturated heterocycles. The third-order valence-corrected chi connectivity index (χ3v) is 2.60. The molecule has 1 aliphatic heterocycles. The summed E-state index contributed by atoms with van der Waals surface area (Å²) >= 11 is 5.75. The molecule has 0 radical (unpaired) electrons. The van der Waals surface area contributed by atoms with Crippen LogP contribution >= 0.6 is 11.6 Å². The van der Waals surface area contributed by atoms with Crippen LogP contribution in [0.1, 0.15) is 13.8 Å². The lowest BCUT2D eigenvalue weighted by Crippen LogP contribution is -2.44. The Morgan fingerprint density at radius 1 is 1.57 bits per heavy atom. The summed E-state index contributed by atoms with van der Waals surface area (Å²) in [6.07, 6.45) is 0.518. The molecule has 0 spiro atoms. The molecule has 0 aromatic rings. The summed E-state index contributed by atoms with van der Waals surface area (Å²) in [4.78, 5) is 2.35. The number of nitrogens with zero attached hydrogens (tertiary/aromatic N) is 1. The standard InChI is InChI=1S/C10H20ClNO2/c1-9(2)13-5-3-12-4-6-14-10(7-11)8-12/h9-10H,3-8H2,1-2H3. The van der Waals surface area contributed by atoms with Gasteiger partial charge >= 0.3 is 0 Å². The molecule has 0 N–H and O–H groups in total. The molecule has 4 heteroatoms. The molecular formula is C10H20ClNO2. The second-order valence-electron chi connectivity index (χ2n) is 3.87. The van der Waals surface area contributed by atoms with E-state index in [1.165, 1.54) is 0 Å². The van der Waals surface area contributed by atoms with Gasteiger partial charge in [0.2, 0.25) is 0 Å². The number of rotatable bonds is 5. The quantitative estimate of drug-likeness (QED) is 0.655. The topological polar surface area (TPSA) is 21.7 Å². The fraction of sp³-hybridized carbons (Fsp3) is 1.00. The molecule has 0 bridgehead atoms. The van der Waals surface area contributed by atoms with E-state index < -0.39 is 0 Å². The van der Waals surface area contributed by atoms with Gasteiger partial charge in [-0.3, -0.25) is 4.90 Å². The van der Waals surface area contributed by atoms with Gasteiger partial charge < -0.3 is 9.47 Å². The second kappa shape index (κ2) is 6.62. The van der Waals surface area contributed by atoms with Gasteiger partial charge in [-0.1, -0.05) is 0 Å². The molecule has 1 aliphatic rings. The summed E-state index contributed by atoms with van der Waals surface area (Å²) in [6.45, 7) is 8.61. The Morgan fingerprint density at radius 2 is 2.36 bits per heavy atom. The van der Waals surface area contributed by atoms with Crippen molar-refractivity contribution in [2.24, 2.45) is 0 Å². The molecule has 0 aliphatic carbocycles. The number of hydrogen-bond acceptors (Lipinski definition) is 3. The SMILES string of the molecule is CC(C)OCCN1CCOC(CCl)C1. The smallest absolute Gasteiger partial charge is 0.0837 e. The van der Waals surface area contributed by atoms with Crippen molar-refractivity contribution < 1.29 is 9.47 Å². The fourth-order valence-electron chi connectivity index (χ4n) is 1.49. The average Bonchev–Trinajstić information content (AvgIpc) is 2.18. The minimum atomic E-state index is 0.199. The molecule has 1 unspecified atom stereocenters. The molecule has 0 aromatic carbocycles. The van der Waals surface area contributed by atoms with Gasteiger partial charge in [0, 0.05) is 25.5 Å². The maximum atomic E-state index is 5.75. The van der Waals surface area contributed by atoms with E-state index in [0.717, 1.165) is 32.8 Å². The van der Waals surface area contributed by atoms with Crippen molar-refractivity contribution >= 4 is 11.6 Å². The molecular weight excluding hydrogens is 202 g/mol.